The van der Waals surface area contributed by atoms with Crippen molar-refractivity contribution in [3.05, 3.63) is 49.5 Å². The number of benzene rings is 1. The number of carbonyl (C=O) groups is 2. The van der Waals surface area contributed by atoms with Gasteiger partial charge in [-0.1, -0.05) is 0 Å². The molecule has 1 saturated carbocycles. The molecule has 31 heavy (non-hydrogen) atoms. The third-order valence-electron chi connectivity index (χ3n) is 4.76. The molecule has 1 aromatic heterocycles. The molecule has 0 radical (unpaired) electrons. The smallest absolute Gasteiger partial charge is 0.343 e. The molecular weight excluding hydrogens is 413 g/mol. The zero-order chi connectivity index (χ0) is 22.7. The van der Waals surface area contributed by atoms with Crippen LogP contribution in [-0.4, -0.2) is 34.6 Å². The molecule has 10 nitrogen and oxygen atoms in total. The van der Waals surface area contributed by atoms with Gasteiger partial charge in [0.25, 0.3) is 5.69 Å². The predicted octanol–water partition coefficient (Wildman–Crippen LogP) is 2.56. The summed E-state index contributed by atoms with van der Waals surface area (Å²) in [5, 5.41) is 20.1. The second kappa shape index (κ2) is 8.91. The number of ether oxygens (including phenoxy) is 2. The molecule has 0 amide bonds. The second-order valence-electron chi connectivity index (χ2n) is 6.88. The number of nitrogens with zero attached hydrogens (tertiary/aromatic N) is 3. The van der Waals surface area contributed by atoms with Crippen LogP contribution in [0, 0.1) is 27.3 Å². The van der Waals surface area contributed by atoms with Gasteiger partial charge < -0.3 is 14.0 Å². The summed E-state index contributed by atoms with van der Waals surface area (Å²) in [6, 6.07) is 2.36. The van der Waals surface area contributed by atoms with Gasteiger partial charge in [0.1, 0.15) is 23.5 Å². The van der Waals surface area contributed by atoms with E-state index in [0.29, 0.717) is 12.8 Å². The Kier molecular flexibility index (Phi) is 6.29. The van der Waals surface area contributed by atoms with Gasteiger partial charge in [-0.3, -0.25) is 19.7 Å². The molecule has 162 valence electrons. The highest BCUT2D eigenvalue weighted by atomic mass is 19.1. The fourth-order valence-electron chi connectivity index (χ4n) is 3.27. The monoisotopic (exact) mass is 431 g/mol. The van der Waals surface area contributed by atoms with Gasteiger partial charge in [-0.25, -0.2) is 9.18 Å². The number of esters is 2. The van der Waals surface area contributed by atoms with Crippen LogP contribution in [0.5, 0.6) is 0 Å². The number of fused-ring (bicyclic) bond motifs is 1. The minimum absolute atomic E-state index is 0.0150. The first kappa shape index (κ1) is 21.9. The Hall–Kier alpha value is -3.81. The summed E-state index contributed by atoms with van der Waals surface area (Å²) < 4.78 is 26.0. The topological polar surface area (TPSA) is 142 Å². The molecule has 0 unspecified atom stereocenters. The molecule has 0 spiro atoms. The largest absolute Gasteiger partial charge is 0.464 e. The first-order valence-corrected chi connectivity index (χ1v) is 9.54. The maximum atomic E-state index is 14.9. The SMILES string of the molecule is CCOC(=O)c1cn(C2CC2)c2c([N+](=O)[O-])c(CC(=O)OCCC#N)c(F)cc2c1=O. The van der Waals surface area contributed by atoms with Crippen molar-refractivity contribution in [2.75, 3.05) is 13.2 Å². The molecule has 11 heteroatoms. The highest BCUT2D eigenvalue weighted by molar-refractivity contribution is 5.97. The van der Waals surface area contributed by atoms with Gasteiger partial charge in [0.15, 0.2) is 0 Å². The third kappa shape index (κ3) is 4.37. The van der Waals surface area contributed by atoms with Gasteiger partial charge in [0, 0.05) is 12.2 Å². The van der Waals surface area contributed by atoms with E-state index in [1.54, 1.807) is 13.0 Å². The summed E-state index contributed by atoms with van der Waals surface area (Å²) in [4.78, 5) is 48.1. The van der Waals surface area contributed by atoms with Crippen LogP contribution in [0.15, 0.2) is 17.1 Å². The van der Waals surface area contributed by atoms with Gasteiger partial charge in [-0.15, -0.1) is 0 Å². The van der Waals surface area contributed by atoms with Crippen molar-refractivity contribution in [1.82, 2.24) is 4.57 Å². The van der Waals surface area contributed by atoms with E-state index in [1.165, 1.54) is 10.8 Å². The average Bonchev–Trinajstić information content (AvgIpc) is 3.54. The van der Waals surface area contributed by atoms with Crippen LogP contribution in [0.1, 0.15) is 48.1 Å². The number of nitro benzene ring substituents is 1. The third-order valence-corrected chi connectivity index (χ3v) is 4.76. The minimum atomic E-state index is -1.14. The normalized spacial score (nSPS) is 12.9. The van der Waals surface area contributed by atoms with Gasteiger partial charge in [-0.2, -0.15) is 5.26 Å². The lowest BCUT2D eigenvalue weighted by atomic mass is 10.0. The number of nitriles is 1. The number of hydrogen-bond acceptors (Lipinski definition) is 8. The van der Waals surface area contributed by atoms with E-state index in [1.807, 2.05) is 0 Å². The quantitative estimate of drug-likeness (QED) is 0.269. The molecule has 0 bridgehead atoms. The number of nitro groups is 1. The first-order valence-electron chi connectivity index (χ1n) is 9.54. The minimum Gasteiger partial charge on any atom is -0.464 e. The molecule has 2 aromatic rings. The highest BCUT2D eigenvalue weighted by Crippen LogP contribution is 2.41. The van der Waals surface area contributed by atoms with Crippen molar-refractivity contribution in [1.29, 1.82) is 5.26 Å². The standard InChI is InChI=1S/C20H18FN3O7/c1-2-30-20(27)14-10-23(11-4-5-11)17-13(19(14)26)8-15(21)12(18(17)24(28)29)9-16(25)31-7-3-6-22/h8,10-11H,2-5,7,9H2,1H3. The van der Waals surface area contributed by atoms with Crippen molar-refractivity contribution in [2.45, 2.75) is 38.6 Å². The van der Waals surface area contributed by atoms with Crippen molar-refractivity contribution in [3.63, 3.8) is 0 Å². The summed E-state index contributed by atoms with van der Waals surface area (Å²) in [6.07, 6.45) is 1.68. The van der Waals surface area contributed by atoms with E-state index < -0.39 is 45.8 Å². The van der Waals surface area contributed by atoms with E-state index in [9.17, 15) is 28.9 Å². The number of aromatic nitrogens is 1. The summed E-state index contributed by atoms with van der Waals surface area (Å²) in [7, 11) is 0. The molecule has 1 aromatic carbocycles. The molecule has 0 N–H and O–H groups in total. The van der Waals surface area contributed by atoms with Crippen LogP contribution in [0.2, 0.25) is 0 Å². The lowest BCUT2D eigenvalue weighted by Gasteiger charge is -2.15. The van der Waals surface area contributed by atoms with E-state index >= 15 is 0 Å². The van der Waals surface area contributed by atoms with Gasteiger partial charge >= 0.3 is 11.9 Å². The summed E-state index contributed by atoms with van der Waals surface area (Å²) >= 11 is 0. The lowest BCUT2D eigenvalue weighted by Crippen LogP contribution is -2.22. The van der Waals surface area contributed by atoms with Crippen LogP contribution >= 0.6 is 0 Å². The molecule has 1 aliphatic carbocycles. The van der Waals surface area contributed by atoms with E-state index in [0.717, 1.165) is 6.07 Å². The Morgan fingerprint density at radius 1 is 1.39 bits per heavy atom. The number of carbonyl (C=O) groups excluding carboxylic acids is 2. The van der Waals surface area contributed by atoms with Crippen molar-refractivity contribution >= 4 is 28.5 Å². The number of rotatable bonds is 8. The van der Waals surface area contributed by atoms with Crippen molar-refractivity contribution in [2.24, 2.45) is 0 Å². The second-order valence-corrected chi connectivity index (χ2v) is 6.88. The van der Waals surface area contributed by atoms with Crippen LogP contribution in [0.3, 0.4) is 0 Å². The Balaban J connectivity index is 2.23. The maximum Gasteiger partial charge on any atom is 0.343 e. The van der Waals surface area contributed by atoms with Gasteiger partial charge in [-0.05, 0) is 25.8 Å². The first-order chi connectivity index (χ1) is 14.8. The van der Waals surface area contributed by atoms with Crippen LogP contribution < -0.4 is 5.43 Å². The van der Waals surface area contributed by atoms with E-state index in [4.69, 9.17) is 14.7 Å². The zero-order valence-electron chi connectivity index (χ0n) is 16.6. The summed E-state index contributed by atoms with van der Waals surface area (Å²) in [5.41, 5.74) is -2.66. The van der Waals surface area contributed by atoms with Crippen LogP contribution in [0.25, 0.3) is 10.9 Å². The molecule has 1 fully saturated rings. The Morgan fingerprint density at radius 3 is 2.68 bits per heavy atom. The number of pyridine rings is 1. The lowest BCUT2D eigenvalue weighted by molar-refractivity contribution is -0.384. The molecule has 1 aliphatic rings. The highest BCUT2D eigenvalue weighted by Gasteiger charge is 2.34. The van der Waals surface area contributed by atoms with Crippen molar-refractivity contribution < 1.29 is 28.4 Å². The van der Waals surface area contributed by atoms with Gasteiger partial charge in [0.05, 0.1) is 41.4 Å². The maximum absolute atomic E-state index is 14.9. The van der Waals surface area contributed by atoms with Crippen LogP contribution in [0.4, 0.5) is 10.1 Å². The summed E-state index contributed by atoms with van der Waals surface area (Å²) in [6.45, 7) is 1.35. The number of halogens is 1. The van der Waals surface area contributed by atoms with E-state index in [2.05, 4.69) is 0 Å². The fourth-order valence-corrected chi connectivity index (χ4v) is 3.27. The zero-order valence-corrected chi connectivity index (χ0v) is 16.6. The Morgan fingerprint density at radius 2 is 2.10 bits per heavy atom. The Bertz CT molecular complexity index is 1180. The van der Waals surface area contributed by atoms with Gasteiger partial charge in [0.2, 0.25) is 5.43 Å². The molecule has 1 heterocycles. The van der Waals surface area contributed by atoms with E-state index in [-0.39, 0.29) is 42.1 Å². The molecule has 0 atom stereocenters. The molecular formula is C20H18FN3O7. The number of hydrogen-bond donors (Lipinski definition) is 0. The molecule has 0 saturated heterocycles. The predicted molar refractivity (Wildman–Crippen MR) is 104 cm³/mol. The molecule has 0 aliphatic heterocycles. The molecule has 3 rings (SSSR count). The fraction of sp³-hybridized carbons (Fsp3) is 0.400. The Labute approximate surface area is 174 Å². The van der Waals surface area contributed by atoms with Crippen molar-refractivity contribution in [3.8, 4) is 6.07 Å². The summed E-state index contributed by atoms with van der Waals surface area (Å²) in [5.74, 6) is -2.99. The average molecular weight is 431 g/mol. The van der Waals surface area contributed by atoms with Crippen LogP contribution in [-0.2, 0) is 20.7 Å².